The molecule has 2 saturated heterocycles. The molecule has 0 saturated carbocycles. The lowest BCUT2D eigenvalue weighted by Gasteiger charge is -2.35. The van der Waals surface area contributed by atoms with Crippen LogP contribution in [-0.2, 0) is 17.5 Å². The number of hydrogen-bond acceptors (Lipinski definition) is 8. The van der Waals surface area contributed by atoms with Crippen LogP contribution in [0.3, 0.4) is 0 Å². The molecule has 3 N–H and O–H groups in total. The van der Waals surface area contributed by atoms with E-state index in [-0.39, 0.29) is 12.4 Å². The summed E-state index contributed by atoms with van der Waals surface area (Å²) in [6, 6.07) is 11.4. The van der Waals surface area contributed by atoms with Gasteiger partial charge in [0.25, 0.3) is 0 Å². The maximum Gasteiger partial charge on any atom is 0.417 e. The Balaban J connectivity index is 1.19. The van der Waals surface area contributed by atoms with Crippen LogP contribution >= 0.6 is 0 Å². The highest BCUT2D eigenvalue weighted by Crippen LogP contribution is 2.30. The predicted octanol–water partition coefficient (Wildman–Crippen LogP) is 3.14. The van der Waals surface area contributed by atoms with E-state index in [0.717, 1.165) is 55.3 Å². The Morgan fingerprint density at radius 2 is 1.76 bits per heavy atom. The van der Waals surface area contributed by atoms with Crippen molar-refractivity contribution in [3.8, 4) is 11.1 Å². The first-order chi connectivity index (χ1) is 18.3. The summed E-state index contributed by atoms with van der Waals surface area (Å²) in [6.07, 6.45) is -0.412. The standard InChI is InChI=1S/C26H29F3N6O2S/c27-26(28,29)20-3-6-25(32-15-20)33-23-7-10-35(17-24(23)36)38(37)22-4-1-18(2-5-22)19-13-21(16-31-14-19)34-11-8-30-9-12-34/h1-6,13-16,23-24,30,36H,7-12,17H2,(H,32,33)/t23-,24+,38?/m1/s1. The Kier molecular flexibility index (Phi) is 8.05. The minimum absolute atomic E-state index is 0.156. The monoisotopic (exact) mass is 546 g/mol. The molecule has 3 atom stereocenters. The highest BCUT2D eigenvalue weighted by molar-refractivity contribution is 7.89. The molecule has 1 unspecified atom stereocenters. The summed E-state index contributed by atoms with van der Waals surface area (Å²) >= 11 is -1.46. The second-order valence-corrected chi connectivity index (χ2v) is 10.9. The molecule has 0 bridgehead atoms. The number of aromatic nitrogens is 2. The molecule has 38 heavy (non-hydrogen) atoms. The highest BCUT2D eigenvalue weighted by atomic mass is 32.2. The Bertz CT molecular complexity index is 1210. The van der Waals surface area contributed by atoms with Gasteiger partial charge in [-0.1, -0.05) is 0 Å². The van der Waals surface area contributed by atoms with Crippen LogP contribution < -0.4 is 15.5 Å². The first-order valence-corrected chi connectivity index (χ1v) is 13.5. The van der Waals surface area contributed by atoms with Gasteiger partial charge in [0, 0.05) is 50.7 Å². The maximum atomic E-state index is 13.2. The summed E-state index contributed by atoms with van der Waals surface area (Å²) in [5.74, 6) is 0.253. The summed E-state index contributed by atoms with van der Waals surface area (Å²) in [6.45, 7) is 4.35. The number of nitrogens with one attached hydrogen (secondary N) is 2. The molecule has 2 fully saturated rings. The lowest BCUT2D eigenvalue weighted by molar-refractivity contribution is -0.137. The van der Waals surface area contributed by atoms with Gasteiger partial charge >= 0.3 is 6.18 Å². The van der Waals surface area contributed by atoms with Crippen LogP contribution in [-0.4, -0.2) is 75.3 Å². The Hall–Kier alpha value is -2.90. The number of alkyl halides is 3. The third-order valence-electron chi connectivity index (χ3n) is 6.80. The number of hydrogen-bond donors (Lipinski definition) is 3. The first-order valence-electron chi connectivity index (χ1n) is 12.4. The number of benzene rings is 1. The first kappa shape index (κ1) is 26.7. The molecule has 202 valence electrons. The number of piperidine rings is 1. The molecule has 0 aliphatic carbocycles. The van der Waals surface area contributed by atoms with Gasteiger partial charge in [0.2, 0.25) is 0 Å². The zero-order valence-corrected chi connectivity index (χ0v) is 21.4. The SMILES string of the molecule is [O-][S+](c1ccc(-c2cncc(N3CCNCC3)c2)cc1)N1CC[C@@H](Nc2ccc(C(F)(F)F)cn2)[C@@H](O)C1. The van der Waals surface area contributed by atoms with E-state index >= 15 is 0 Å². The van der Waals surface area contributed by atoms with E-state index in [1.165, 1.54) is 6.07 Å². The third-order valence-corrected chi connectivity index (χ3v) is 8.27. The summed E-state index contributed by atoms with van der Waals surface area (Å²) in [5.41, 5.74) is 2.21. The third kappa shape index (κ3) is 6.21. The lowest BCUT2D eigenvalue weighted by atomic mass is 10.0. The fourth-order valence-electron chi connectivity index (χ4n) is 4.65. The van der Waals surface area contributed by atoms with E-state index < -0.39 is 35.2 Å². The highest BCUT2D eigenvalue weighted by Gasteiger charge is 2.35. The van der Waals surface area contributed by atoms with Gasteiger partial charge in [-0.25, -0.2) is 4.98 Å². The van der Waals surface area contributed by atoms with Crippen molar-refractivity contribution in [1.82, 2.24) is 19.6 Å². The molecule has 2 aliphatic heterocycles. The number of halogens is 3. The average molecular weight is 547 g/mol. The van der Waals surface area contributed by atoms with Gasteiger partial charge in [-0.15, -0.1) is 4.31 Å². The van der Waals surface area contributed by atoms with Crippen molar-refractivity contribution in [2.45, 2.75) is 29.6 Å². The van der Waals surface area contributed by atoms with Crippen molar-refractivity contribution in [3.05, 3.63) is 66.6 Å². The average Bonchev–Trinajstić information content (AvgIpc) is 2.94. The Labute approximate surface area is 222 Å². The fourth-order valence-corrected chi connectivity index (χ4v) is 5.88. The Morgan fingerprint density at radius 3 is 2.42 bits per heavy atom. The number of nitrogens with zero attached hydrogens (tertiary/aromatic N) is 4. The van der Waals surface area contributed by atoms with Crippen molar-refractivity contribution in [1.29, 1.82) is 0 Å². The molecule has 0 amide bonds. The number of piperazine rings is 1. The van der Waals surface area contributed by atoms with E-state index in [4.69, 9.17) is 0 Å². The summed E-state index contributed by atoms with van der Waals surface area (Å²) < 4.78 is 53.2. The lowest BCUT2D eigenvalue weighted by Crippen LogP contribution is -2.51. The van der Waals surface area contributed by atoms with Crippen LogP contribution in [0.15, 0.2) is 66.0 Å². The molecule has 12 heteroatoms. The molecule has 5 rings (SSSR count). The zero-order chi connectivity index (χ0) is 26.7. The van der Waals surface area contributed by atoms with Gasteiger partial charge in [-0.05, 0) is 54.4 Å². The van der Waals surface area contributed by atoms with Crippen LogP contribution in [0, 0.1) is 0 Å². The molecular formula is C26H29F3N6O2S. The van der Waals surface area contributed by atoms with Crippen molar-refractivity contribution in [2.75, 3.05) is 49.5 Å². The molecular weight excluding hydrogens is 517 g/mol. The molecule has 0 spiro atoms. The Morgan fingerprint density at radius 1 is 1.00 bits per heavy atom. The van der Waals surface area contributed by atoms with Crippen LogP contribution in [0.2, 0.25) is 0 Å². The second kappa shape index (κ2) is 11.5. The number of rotatable bonds is 6. The zero-order valence-electron chi connectivity index (χ0n) is 20.6. The van der Waals surface area contributed by atoms with E-state index in [1.54, 1.807) is 4.31 Å². The van der Waals surface area contributed by atoms with Gasteiger partial charge in [0.05, 0.1) is 47.5 Å². The van der Waals surface area contributed by atoms with Crippen molar-refractivity contribution < 1.29 is 22.8 Å². The fraction of sp³-hybridized carbons (Fsp3) is 0.385. The smallest absolute Gasteiger partial charge is 0.417 e. The number of anilines is 2. The van der Waals surface area contributed by atoms with Crippen LogP contribution in [0.1, 0.15) is 12.0 Å². The van der Waals surface area contributed by atoms with Crippen LogP contribution in [0.25, 0.3) is 11.1 Å². The van der Waals surface area contributed by atoms with Gasteiger partial charge in [0.1, 0.15) is 5.82 Å². The molecule has 1 aromatic carbocycles. The minimum atomic E-state index is -4.45. The predicted molar refractivity (Wildman–Crippen MR) is 140 cm³/mol. The van der Waals surface area contributed by atoms with Crippen LogP contribution in [0.4, 0.5) is 24.7 Å². The van der Waals surface area contributed by atoms with Crippen molar-refractivity contribution >= 4 is 22.9 Å². The van der Waals surface area contributed by atoms with E-state index in [9.17, 15) is 22.8 Å². The number of aliphatic hydroxyl groups is 1. The number of aliphatic hydroxyl groups excluding tert-OH is 1. The topological polar surface area (TPSA) is 99.6 Å². The number of pyridine rings is 2. The number of β-amino-alcohol motifs (C(OH)–C–C–N with tert-alkyl or cyclic N) is 1. The second-order valence-electron chi connectivity index (χ2n) is 9.37. The van der Waals surface area contributed by atoms with E-state index in [0.29, 0.717) is 17.9 Å². The van der Waals surface area contributed by atoms with Gasteiger partial charge in [-0.3, -0.25) is 4.98 Å². The van der Waals surface area contributed by atoms with Crippen molar-refractivity contribution in [3.63, 3.8) is 0 Å². The summed E-state index contributed by atoms with van der Waals surface area (Å²) in [5, 5.41) is 17.0. The quantitative estimate of drug-likeness (QED) is 0.406. The maximum absolute atomic E-state index is 13.2. The van der Waals surface area contributed by atoms with Gasteiger partial charge in [-0.2, -0.15) is 13.2 Å². The largest absolute Gasteiger partial charge is 0.593 e. The molecule has 4 heterocycles. The molecule has 3 aromatic rings. The van der Waals surface area contributed by atoms with Crippen LogP contribution in [0.5, 0.6) is 0 Å². The molecule has 2 aliphatic rings. The molecule has 0 radical (unpaired) electrons. The molecule has 2 aromatic heterocycles. The minimum Gasteiger partial charge on any atom is -0.593 e. The summed E-state index contributed by atoms with van der Waals surface area (Å²) in [7, 11) is 0. The normalized spacial score (nSPS) is 21.8. The molecule has 8 nitrogen and oxygen atoms in total. The van der Waals surface area contributed by atoms with Crippen molar-refractivity contribution in [2.24, 2.45) is 0 Å². The van der Waals surface area contributed by atoms with E-state index in [1.807, 2.05) is 36.7 Å². The van der Waals surface area contributed by atoms with Gasteiger partial charge < -0.3 is 25.2 Å². The summed E-state index contributed by atoms with van der Waals surface area (Å²) in [4.78, 5) is 11.2. The van der Waals surface area contributed by atoms with Gasteiger partial charge in [0.15, 0.2) is 4.90 Å². The van der Waals surface area contributed by atoms with E-state index in [2.05, 4.69) is 31.6 Å².